The van der Waals surface area contributed by atoms with Crippen molar-refractivity contribution in [1.82, 2.24) is 0 Å². The molecule has 0 fully saturated rings. The van der Waals surface area contributed by atoms with Gasteiger partial charge in [-0.1, -0.05) is 26.3 Å². The van der Waals surface area contributed by atoms with Crippen molar-refractivity contribution in [2.45, 2.75) is 43.9 Å². The van der Waals surface area contributed by atoms with Crippen LogP contribution in [0.3, 0.4) is 0 Å². The molecular weight excluding hydrogens is 354 g/mol. The van der Waals surface area contributed by atoms with Crippen molar-refractivity contribution in [2.24, 2.45) is 4.99 Å². The van der Waals surface area contributed by atoms with Gasteiger partial charge in [0.05, 0.1) is 10.5 Å². The Labute approximate surface area is 134 Å². The molecule has 1 aromatic rings. The summed E-state index contributed by atoms with van der Waals surface area (Å²) in [4.78, 5) is 15.3. The van der Waals surface area contributed by atoms with Crippen LogP contribution in [0.15, 0.2) is 26.5 Å². The zero-order valence-corrected chi connectivity index (χ0v) is 14.9. The van der Waals surface area contributed by atoms with E-state index in [2.05, 4.69) is 34.6 Å². The van der Waals surface area contributed by atoms with Gasteiger partial charge in [0.2, 0.25) is 0 Å². The van der Waals surface area contributed by atoms with Crippen LogP contribution in [0.25, 0.3) is 0 Å². The molecule has 6 heteroatoms. The lowest BCUT2D eigenvalue weighted by atomic mass is 9.91. The topological polar surface area (TPSA) is 63.6 Å². The summed E-state index contributed by atoms with van der Waals surface area (Å²) in [7, 11) is -3.46. The van der Waals surface area contributed by atoms with Gasteiger partial charge in [-0.25, -0.2) is 13.4 Å². The third kappa shape index (κ3) is 4.01. The van der Waals surface area contributed by atoms with Crippen molar-refractivity contribution in [1.29, 1.82) is 0 Å². The van der Waals surface area contributed by atoms with Crippen LogP contribution in [0.5, 0.6) is 0 Å². The summed E-state index contributed by atoms with van der Waals surface area (Å²) in [5.41, 5.74) is 0.981. The van der Waals surface area contributed by atoms with Gasteiger partial charge in [-0.2, -0.15) is 0 Å². The average molecular weight is 374 g/mol. The average Bonchev–Trinajstić information content (AvgIpc) is 2.42. The highest BCUT2D eigenvalue weighted by Gasteiger charge is 2.25. The van der Waals surface area contributed by atoms with Gasteiger partial charge < -0.3 is 0 Å². The van der Waals surface area contributed by atoms with E-state index < -0.39 is 15.7 Å². The third-order valence-electron chi connectivity index (χ3n) is 3.44. The van der Waals surface area contributed by atoms with E-state index in [-0.39, 0.29) is 20.8 Å². The van der Waals surface area contributed by atoms with Crippen LogP contribution in [0, 0.1) is 0 Å². The Morgan fingerprint density at radius 1 is 1.38 bits per heavy atom. The molecule has 0 saturated carbocycles. The van der Waals surface area contributed by atoms with Crippen molar-refractivity contribution in [2.75, 3.05) is 6.26 Å². The molecule has 0 radical (unpaired) electrons. The second-order valence-corrected chi connectivity index (χ2v) is 7.72. The number of nitrogens with zero attached hydrogens (tertiary/aromatic N) is 1. The minimum atomic E-state index is -3.46. The zero-order valence-electron chi connectivity index (χ0n) is 12.5. The second kappa shape index (κ2) is 7.31. The van der Waals surface area contributed by atoms with Crippen LogP contribution < -0.4 is 0 Å². The molecule has 0 N–H and O–H groups in total. The quantitative estimate of drug-likeness (QED) is 0.708. The first kappa shape index (κ1) is 18.0. The maximum atomic E-state index is 12.2. The molecule has 1 unspecified atom stereocenters. The molecule has 0 bridgehead atoms. The maximum Gasteiger partial charge on any atom is 0.277 e. The minimum Gasteiger partial charge on any atom is -0.267 e. The standard InChI is InChI=1S/C15H20BrNO3S/c1-5-7-10(6-2)11-8-9-12(15(18)17-3)13(16)14(11)21(4,19)20/h8-10H,3,5-7H2,1-2,4H3. The van der Waals surface area contributed by atoms with Gasteiger partial charge in [0, 0.05) is 10.7 Å². The molecule has 0 aliphatic carbocycles. The van der Waals surface area contributed by atoms with Crippen molar-refractivity contribution < 1.29 is 13.2 Å². The highest BCUT2D eigenvalue weighted by atomic mass is 79.9. The summed E-state index contributed by atoms with van der Waals surface area (Å²) < 4.78 is 24.6. The molecule has 1 rings (SSSR count). The summed E-state index contributed by atoms with van der Waals surface area (Å²) in [6.45, 7) is 7.30. The van der Waals surface area contributed by atoms with E-state index in [4.69, 9.17) is 0 Å². The van der Waals surface area contributed by atoms with Crippen LogP contribution in [0.2, 0.25) is 0 Å². The Morgan fingerprint density at radius 3 is 2.43 bits per heavy atom. The van der Waals surface area contributed by atoms with E-state index in [9.17, 15) is 13.2 Å². The Kier molecular flexibility index (Phi) is 6.28. The molecule has 116 valence electrons. The summed E-state index contributed by atoms with van der Waals surface area (Å²) in [5.74, 6) is -0.390. The summed E-state index contributed by atoms with van der Waals surface area (Å²) in [6.07, 6.45) is 3.87. The van der Waals surface area contributed by atoms with Gasteiger partial charge in [0.15, 0.2) is 9.84 Å². The molecule has 0 aliphatic heterocycles. The number of benzene rings is 1. The molecule has 0 aliphatic rings. The number of rotatable bonds is 6. The maximum absolute atomic E-state index is 12.2. The fourth-order valence-electron chi connectivity index (χ4n) is 2.45. The predicted molar refractivity (Wildman–Crippen MR) is 89.1 cm³/mol. The van der Waals surface area contributed by atoms with E-state index >= 15 is 0 Å². The van der Waals surface area contributed by atoms with E-state index in [1.807, 2.05) is 6.92 Å². The summed E-state index contributed by atoms with van der Waals surface area (Å²) in [5, 5.41) is 0. The van der Waals surface area contributed by atoms with Crippen LogP contribution >= 0.6 is 15.9 Å². The number of amides is 1. The normalized spacial score (nSPS) is 13.0. The van der Waals surface area contributed by atoms with E-state index in [0.29, 0.717) is 0 Å². The van der Waals surface area contributed by atoms with Crippen LogP contribution in [0.4, 0.5) is 0 Å². The van der Waals surface area contributed by atoms with Gasteiger partial charge in [-0.15, -0.1) is 0 Å². The fraction of sp³-hybridized carbons (Fsp3) is 0.467. The molecule has 1 atom stereocenters. The SMILES string of the molecule is C=NC(=O)c1ccc(C(CC)CCC)c(S(C)(=O)=O)c1Br. The lowest BCUT2D eigenvalue weighted by Crippen LogP contribution is -2.11. The first-order valence-electron chi connectivity index (χ1n) is 6.81. The molecule has 4 nitrogen and oxygen atoms in total. The van der Waals surface area contributed by atoms with Gasteiger partial charge in [0.25, 0.3) is 5.91 Å². The predicted octanol–water partition coefficient (Wildman–Crippen LogP) is 3.99. The number of sulfone groups is 1. The van der Waals surface area contributed by atoms with Crippen molar-refractivity contribution in [3.05, 3.63) is 27.7 Å². The highest BCUT2D eigenvalue weighted by Crippen LogP contribution is 2.36. The first-order valence-corrected chi connectivity index (χ1v) is 9.49. The van der Waals surface area contributed by atoms with Gasteiger partial charge in [0.1, 0.15) is 0 Å². The minimum absolute atomic E-state index is 0.150. The van der Waals surface area contributed by atoms with Crippen LogP contribution in [0.1, 0.15) is 54.9 Å². The number of hydrogen-bond acceptors (Lipinski definition) is 3. The van der Waals surface area contributed by atoms with E-state index in [1.54, 1.807) is 12.1 Å². The van der Waals surface area contributed by atoms with Crippen LogP contribution in [-0.4, -0.2) is 27.3 Å². The smallest absolute Gasteiger partial charge is 0.267 e. The molecule has 0 heterocycles. The third-order valence-corrected chi connectivity index (χ3v) is 5.71. The van der Waals surface area contributed by atoms with Gasteiger partial charge in [-0.3, -0.25) is 4.79 Å². The summed E-state index contributed by atoms with van der Waals surface area (Å²) in [6, 6.07) is 3.34. The van der Waals surface area contributed by atoms with E-state index in [0.717, 1.165) is 31.1 Å². The van der Waals surface area contributed by atoms with Gasteiger partial charge in [-0.05, 0) is 53.0 Å². The molecule has 21 heavy (non-hydrogen) atoms. The molecule has 0 spiro atoms. The van der Waals surface area contributed by atoms with Crippen molar-refractivity contribution in [3.63, 3.8) is 0 Å². The molecule has 1 amide bonds. The summed E-state index contributed by atoms with van der Waals surface area (Å²) >= 11 is 3.27. The fourth-order valence-corrected chi connectivity index (χ4v) is 4.96. The Morgan fingerprint density at radius 2 is 2.00 bits per heavy atom. The van der Waals surface area contributed by atoms with Crippen molar-refractivity contribution in [3.8, 4) is 0 Å². The number of carbonyl (C=O) groups excluding carboxylic acids is 1. The lowest BCUT2D eigenvalue weighted by molar-refractivity contribution is 0.100. The monoisotopic (exact) mass is 373 g/mol. The Hall–Kier alpha value is -1.01. The Bertz CT molecular complexity index is 653. The molecular formula is C15H20BrNO3S. The van der Waals surface area contributed by atoms with Crippen molar-refractivity contribution >= 4 is 38.4 Å². The van der Waals surface area contributed by atoms with E-state index in [1.165, 1.54) is 0 Å². The highest BCUT2D eigenvalue weighted by molar-refractivity contribution is 9.10. The lowest BCUT2D eigenvalue weighted by Gasteiger charge is -2.20. The number of hydrogen-bond donors (Lipinski definition) is 0. The zero-order chi connectivity index (χ0) is 16.2. The molecule has 0 aromatic heterocycles. The van der Waals surface area contributed by atoms with Crippen LogP contribution in [-0.2, 0) is 9.84 Å². The number of halogens is 1. The number of carbonyl (C=O) groups is 1. The first-order chi connectivity index (χ1) is 9.77. The molecule has 0 saturated heterocycles. The Balaban J connectivity index is 3.64. The largest absolute Gasteiger partial charge is 0.277 e. The number of aliphatic imine (C=N–C) groups is 1. The molecule has 1 aromatic carbocycles. The second-order valence-electron chi connectivity index (χ2n) is 4.97. The van der Waals surface area contributed by atoms with Gasteiger partial charge >= 0.3 is 0 Å².